The van der Waals surface area contributed by atoms with Gasteiger partial charge in [-0.2, -0.15) is 8.78 Å². The minimum Gasteiger partial charge on any atom is -0.461 e. The number of benzene rings is 2. The van der Waals surface area contributed by atoms with Crippen molar-refractivity contribution in [3.05, 3.63) is 60.7 Å². The molecule has 0 aliphatic heterocycles. The quantitative estimate of drug-likeness (QED) is 0.181. The van der Waals surface area contributed by atoms with Crippen LogP contribution in [0, 0.1) is 34.5 Å². The molecule has 0 heterocycles. The van der Waals surface area contributed by atoms with Crippen LogP contribution >= 0.6 is 0 Å². The molecule has 6 nitrogen and oxygen atoms in total. The van der Waals surface area contributed by atoms with Crippen LogP contribution in [0.15, 0.2) is 60.7 Å². The number of halogens is 2. The van der Waals surface area contributed by atoms with Crippen LogP contribution in [0.5, 0.6) is 0 Å². The first-order chi connectivity index (χ1) is 24.0. The first-order valence-electron chi connectivity index (χ1n) is 19.3. The Hall–Kier alpha value is -2.78. The van der Waals surface area contributed by atoms with Gasteiger partial charge in [-0.3, -0.25) is 0 Å². The second kappa shape index (κ2) is 12.1. The average molecular weight is 721 g/mol. The molecule has 2 aromatic carbocycles. The summed E-state index contributed by atoms with van der Waals surface area (Å²) in [5, 5.41) is 2.46. The predicted molar refractivity (Wildman–Crippen MR) is 192 cm³/mol. The largest absolute Gasteiger partial charge is 0.508 e. The van der Waals surface area contributed by atoms with Gasteiger partial charge in [-0.1, -0.05) is 81.4 Å². The van der Waals surface area contributed by atoms with E-state index in [2.05, 4.69) is 81.4 Å². The van der Waals surface area contributed by atoms with Gasteiger partial charge in [0.1, 0.15) is 12.2 Å². The van der Waals surface area contributed by atoms with Crippen LogP contribution in [0.1, 0.15) is 105 Å². The fourth-order valence-corrected chi connectivity index (χ4v) is 17.9. The topological polar surface area (TPSA) is 71.1 Å². The van der Waals surface area contributed by atoms with E-state index in [9.17, 15) is 18.4 Å². The summed E-state index contributed by atoms with van der Waals surface area (Å²) >= 11 is 0. The molecule has 4 atom stereocenters. The highest BCUT2D eigenvalue weighted by Gasteiger charge is 2.64. The number of carbonyl (C=O) groups is 2. The van der Waals surface area contributed by atoms with E-state index in [1.165, 1.54) is 16.8 Å². The number of alkyl halides is 2. The van der Waals surface area contributed by atoms with Gasteiger partial charge in [0.05, 0.1) is 12.2 Å². The maximum atomic E-state index is 13.7. The Bertz CT molecular complexity index is 1570. The molecular weight excluding hydrogens is 667 g/mol. The molecule has 0 spiro atoms. The molecule has 0 radical (unpaired) electrons. The van der Waals surface area contributed by atoms with Crippen LogP contribution in [0.4, 0.5) is 13.6 Å². The van der Waals surface area contributed by atoms with E-state index in [1.807, 2.05) is 0 Å². The molecule has 2 aromatic rings. The van der Waals surface area contributed by atoms with Gasteiger partial charge in [0, 0.05) is 17.8 Å². The molecule has 0 saturated heterocycles. The molecule has 9 heteroatoms. The van der Waals surface area contributed by atoms with Gasteiger partial charge in [0.15, 0.2) is 0 Å². The molecule has 8 bridgehead atoms. The Morgan fingerprint density at radius 2 is 1.10 bits per heavy atom. The van der Waals surface area contributed by atoms with Crippen molar-refractivity contribution in [2.75, 3.05) is 13.2 Å². The van der Waals surface area contributed by atoms with Crippen molar-refractivity contribution >= 4 is 30.8 Å². The summed E-state index contributed by atoms with van der Waals surface area (Å²) in [5.74, 6) is -3.31. The Balaban J connectivity index is 1.00. The molecule has 4 unspecified atom stereocenters. The van der Waals surface area contributed by atoms with Gasteiger partial charge in [-0.05, 0) is 116 Å². The SMILES string of the molecule is CC(F)(F)C(=O)OCC12CC3CC(C1)CC(OC(=O)OCC14CC5CC(C1)CC(O[Si](c1ccccc1)(c1ccccc1)C(C)(C)C)(C5)C4)(C3)C2. The van der Waals surface area contributed by atoms with E-state index in [0.29, 0.717) is 43.6 Å². The average Bonchev–Trinajstić information content (AvgIpc) is 3.04. The zero-order chi connectivity index (χ0) is 35.9. The molecule has 10 rings (SSSR count). The summed E-state index contributed by atoms with van der Waals surface area (Å²) in [6.45, 7) is 7.86. The summed E-state index contributed by atoms with van der Waals surface area (Å²) < 4.78 is 52.8. The first kappa shape index (κ1) is 35.3. The van der Waals surface area contributed by atoms with Crippen molar-refractivity contribution < 1.29 is 37.0 Å². The monoisotopic (exact) mass is 720 g/mol. The van der Waals surface area contributed by atoms with Gasteiger partial charge < -0.3 is 18.6 Å². The second-order valence-corrected chi connectivity index (χ2v) is 23.4. The number of hydrogen-bond donors (Lipinski definition) is 0. The Morgan fingerprint density at radius 1 is 0.667 bits per heavy atom. The van der Waals surface area contributed by atoms with Crippen molar-refractivity contribution in [2.24, 2.45) is 34.5 Å². The fourth-order valence-electron chi connectivity index (χ4n) is 13.0. The molecule has 276 valence electrons. The standard InChI is InChI=1S/C42H54F2O6Si/c1-37(2,3)51(33-11-7-5-8-12-33,34-13-9-6-10-14-34)50-42-23-31-16-32(24-42)20-40(19-31,26-42)28-48-36(46)49-41-21-29-15-30(22-41)18-39(17-29,25-41)27-47-35(45)38(4,43)44/h5-14,29-32H,15-28H2,1-4H3. The van der Waals surface area contributed by atoms with Crippen molar-refractivity contribution in [3.8, 4) is 0 Å². The zero-order valence-electron chi connectivity index (χ0n) is 30.7. The van der Waals surface area contributed by atoms with Crippen molar-refractivity contribution in [2.45, 2.75) is 127 Å². The third kappa shape index (κ3) is 6.36. The fraction of sp³-hybridized carbons (Fsp3) is 0.667. The molecule has 0 aromatic heterocycles. The summed E-state index contributed by atoms with van der Waals surface area (Å²) in [5.41, 5.74) is -1.58. The first-order valence-corrected chi connectivity index (χ1v) is 21.2. The third-order valence-electron chi connectivity index (χ3n) is 13.7. The highest BCUT2D eigenvalue weighted by atomic mass is 28.4. The number of carbonyl (C=O) groups excluding carboxylic acids is 2. The molecule has 8 fully saturated rings. The summed E-state index contributed by atoms with van der Waals surface area (Å²) in [6.07, 6.45) is 10.3. The maximum Gasteiger partial charge on any atom is 0.508 e. The highest BCUT2D eigenvalue weighted by Crippen LogP contribution is 2.65. The molecule has 8 saturated carbocycles. The predicted octanol–water partition coefficient (Wildman–Crippen LogP) is 8.59. The molecule has 51 heavy (non-hydrogen) atoms. The van der Waals surface area contributed by atoms with Crippen molar-refractivity contribution in [3.63, 3.8) is 0 Å². The highest BCUT2D eigenvalue weighted by molar-refractivity contribution is 6.99. The van der Waals surface area contributed by atoms with Crippen LogP contribution in [0.25, 0.3) is 0 Å². The maximum absolute atomic E-state index is 13.7. The number of esters is 1. The van der Waals surface area contributed by atoms with Gasteiger partial charge in [-0.15, -0.1) is 0 Å². The zero-order valence-corrected chi connectivity index (χ0v) is 31.7. The Labute approximate surface area is 302 Å². The van der Waals surface area contributed by atoms with Crippen LogP contribution in [-0.2, 0) is 23.4 Å². The van der Waals surface area contributed by atoms with E-state index in [-0.39, 0.29) is 22.7 Å². The van der Waals surface area contributed by atoms with E-state index in [0.717, 1.165) is 64.2 Å². The lowest BCUT2D eigenvalue weighted by Gasteiger charge is -2.64. The molecule has 8 aliphatic carbocycles. The number of hydrogen-bond acceptors (Lipinski definition) is 6. The second-order valence-electron chi connectivity index (χ2n) is 19.2. The van der Waals surface area contributed by atoms with Gasteiger partial charge in [-0.25, -0.2) is 9.59 Å². The lowest BCUT2D eigenvalue weighted by molar-refractivity contribution is -0.205. The van der Waals surface area contributed by atoms with Crippen LogP contribution in [-0.4, -0.2) is 50.8 Å². The lowest BCUT2D eigenvalue weighted by atomic mass is 9.48. The summed E-state index contributed by atoms with van der Waals surface area (Å²) in [7, 11) is -2.80. The summed E-state index contributed by atoms with van der Waals surface area (Å²) in [6, 6.07) is 21.8. The minimum absolute atomic E-state index is 0.0538. The van der Waals surface area contributed by atoms with Crippen molar-refractivity contribution in [1.29, 1.82) is 0 Å². The molecule has 0 amide bonds. The third-order valence-corrected chi connectivity index (χ3v) is 18.9. The van der Waals surface area contributed by atoms with E-state index < -0.39 is 37.4 Å². The van der Waals surface area contributed by atoms with Crippen LogP contribution in [0.3, 0.4) is 0 Å². The van der Waals surface area contributed by atoms with E-state index in [4.69, 9.17) is 18.6 Å². The minimum atomic E-state index is -3.53. The summed E-state index contributed by atoms with van der Waals surface area (Å²) in [4.78, 5) is 25.7. The van der Waals surface area contributed by atoms with E-state index in [1.54, 1.807) is 0 Å². The number of rotatable bonds is 10. The van der Waals surface area contributed by atoms with E-state index >= 15 is 0 Å². The van der Waals surface area contributed by atoms with Gasteiger partial charge in [0.2, 0.25) is 0 Å². The Morgan fingerprint density at radius 3 is 1.55 bits per heavy atom. The van der Waals surface area contributed by atoms with Crippen LogP contribution in [0.2, 0.25) is 5.04 Å². The van der Waals surface area contributed by atoms with Gasteiger partial charge in [0.25, 0.3) is 8.32 Å². The molecule has 0 N–H and O–H groups in total. The Kier molecular flexibility index (Phi) is 8.38. The molecular formula is C42H54F2O6Si. The number of ether oxygens (including phenoxy) is 3. The smallest absolute Gasteiger partial charge is 0.461 e. The normalized spacial score (nSPS) is 36.6. The van der Waals surface area contributed by atoms with Gasteiger partial charge >= 0.3 is 18.0 Å². The van der Waals surface area contributed by atoms with Crippen LogP contribution < -0.4 is 10.4 Å². The van der Waals surface area contributed by atoms with Crippen molar-refractivity contribution in [1.82, 2.24) is 0 Å². The molecule has 8 aliphatic rings. The lowest BCUT2D eigenvalue weighted by Crippen LogP contribution is -2.72.